The number of carbonyl (C=O) groups is 2. The molecule has 1 amide bonds. The number of esters is 1. The van der Waals surface area contributed by atoms with Crippen LogP contribution in [0.15, 0.2) is 33.7 Å². The monoisotopic (exact) mass is 403 g/mol. The molecule has 2 aromatic rings. The van der Waals surface area contributed by atoms with Crippen LogP contribution in [-0.4, -0.2) is 34.7 Å². The maximum Gasteiger partial charge on any atom is 0.339 e. The first kappa shape index (κ1) is 20.4. The molecule has 0 atom stereocenters. The van der Waals surface area contributed by atoms with Gasteiger partial charge >= 0.3 is 5.97 Å². The normalized spacial score (nSPS) is 19.2. The molecule has 0 radical (unpaired) electrons. The second-order valence-electron chi connectivity index (χ2n) is 7.12. The standard InChI is InChI=1S/C20H25N3O4S/c1-13-7-9-15(10-8-13)22-18(24)11-26-20(25)16-5-3-4-6-17(16)28-12-19-21-14(2)23-27-19/h3-6,13,15H,7-12H2,1-2H3,(H,22,24). The number of hydrogen-bond acceptors (Lipinski definition) is 7. The lowest BCUT2D eigenvalue weighted by molar-refractivity contribution is -0.125. The van der Waals surface area contributed by atoms with Gasteiger partial charge in [-0.3, -0.25) is 4.79 Å². The number of thioether (sulfide) groups is 1. The van der Waals surface area contributed by atoms with Gasteiger partial charge in [0, 0.05) is 10.9 Å². The fraction of sp³-hybridized carbons (Fsp3) is 0.500. The zero-order chi connectivity index (χ0) is 19.9. The van der Waals surface area contributed by atoms with Crippen molar-refractivity contribution in [1.82, 2.24) is 15.5 Å². The van der Waals surface area contributed by atoms with E-state index in [1.807, 2.05) is 12.1 Å². The van der Waals surface area contributed by atoms with Gasteiger partial charge in [0.2, 0.25) is 5.89 Å². The molecule has 150 valence electrons. The minimum atomic E-state index is -0.516. The summed E-state index contributed by atoms with van der Waals surface area (Å²) in [5, 5.41) is 6.71. The van der Waals surface area contributed by atoms with Gasteiger partial charge in [0.05, 0.1) is 11.3 Å². The number of nitrogens with zero attached hydrogens (tertiary/aromatic N) is 2. The predicted molar refractivity (Wildman–Crippen MR) is 105 cm³/mol. The van der Waals surface area contributed by atoms with Gasteiger partial charge < -0.3 is 14.6 Å². The molecule has 0 unspecified atom stereocenters. The highest BCUT2D eigenvalue weighted by Crippen LogP contribution is 2.26. The molecule has 0 bridgehead atoms. The van der Waals surface area contributed by atoms with E-state index in [0.29, 0.717) is 23.0 Å². The van der Waals surface area contributed by atoms with E-state index in [9.17, 15) is 9.59 Å². The zero-order valence-corrected chi connectivity index (χ0v) is 17.0. The number of aryl methyl sites for hydroxylation is 1. The summed E-state index contributed by atoms with van der Waals surface area (Å²) in [4.78, 5) is 29.5. The summed E-state index contributed by atoms with van der Waals surface area (Å²) >= 11 is 1.41. The topological polar surface area (TPSA) is 94.3 Å². The molecular weight excluding hydrogens is 378 g/mol. The molecule has 8 heteroatoms. The molecule has 1 aliphatic rings. The molecule has 1 saturated carbocycles. The predicted octanol–water partition coefficient (Wildman–Crippen LogP) is 3.52. The SMILES string of the molecule is Cc1noc(CSc2ccccc2C(=O)OCC(=O)NC2CCC(C)CC2)n1. The van der Waals surface area contributed by atoms with E-state index >= 15 is 0 Å². The maximum absolute atomic E-state index is 12.5. The molecule has 1 fully saturated rings. The van der Waals surface area contributed by atoms with Crippen molar-refractivity contribution in [2.75, 3.05) is 6.61 Å². The van der Waals surface area contributed by atoms with Gasteiger partial charge in [-0.2, -0.15) is 4.98 Å². The molecule has 1 heterocycles. The fourth-order valence-electron chi connectivity index (χ4n) is 3.18. The number of carbonyl (C=O) groups excluding carboxylic acids is 2. The fourth-order valence-corrected chi connectivity index (χ4v) is 4.06. The third-order valence-electron chi connectivity index (χ3n) is 4.74. The van der Waals surface area contributed by atoms with E-state index in [0.717, 1.165) is 36.5 Å². The second-order valence-corrected chi connectivity index (χ2v) is 8.14. The van der Waals surface area contributed by atoms with Crippen molar-refractivity contribution in [3.05, 3.63) is 41.5 Å². The van der Waals surface area contributed by atoms with Gasteiger partial charge in [-0.25, -0.2) is 4.79 Å². The zero-order valence-electron chi connectivity index (χ0n) is 16.1. The first-order chi connectivity index (χ1) is 13.5. The average molecular weight is 404 g/mol. The van der Waals surface area contributed by atoms with Crippen molar-refractivity contribution in [2.45, 2.75) is 56.2 Å². The molecule has 1 aliphatic carbocycles. The Hall–Kier alpha value is -2.35. The van der Waals surface area contributed by atoms with Crippen molar-refractivity contribution in [1.29, 1.82) is 0 Å². The van der Waals surface area contributed by atoms with E-state index < -0.39 is 5.97 Å². The number of nitrogens with one attached hydrogen (secondary N) is 1. The molecule has 1 aromatic carbocycles. The Morgan fingerprint density at radius 3 is 2.71 bits per heavy atom. The van der Waals surface area contributed by atoms with Gasteiger partial charge in [-0.15, -0.1) is 11.8 Å². The highest BCUT2D eigenvalue weighted by atomic mass is 32.2. The Labute approximate surface area is 168 Å². The van der Waals surface area contributed by atoms with Crippen LogP contribution < -0.4 is 5.32 Å². The minimum Gasteiger partial charge on any atom is -0.452 e. The van der Waals surface area contributed by atoms with Gasteiger partial charge in [-0.05, 0) is 50.7 Å². The molecule has 1 aromatic heterocycles. The summed E-state index contributed by atoms with van der Waals surface area (Å²) < 4.78 is 10.3. The molecule has 3 rings (SSSR count). The van der Waals surface area contributed by atoms with Crippen molar-refractivity contribution in [3.8, 4) is 0 Å². The molecule has 0 aliphatic heterocycles. The number of rotatable bonds is 7. The third kappa shape index (κ3) is 5.82. The lowest BCUT2D eigenvalue weighted by Crippen LogP contribution is -2.39. The van der Waals surface area contributed by atoms with Gasteiger partial charge in [-0.1, -0.05) is 24.2 Å². The van der Waals surface area contributed by atoms with E-state index in [1.54, 1.807) is 19.1 Å². The number of ether oxygens (including phenoxy) is 1. The van der Waals surface area contributed by atoms with Crippen LogP contribution in [0.1, 0.15) is 54.7 Å². The number of amides is 1. The van der Waals surface area contributed by atoms with E-state index in [1.165, 1.54) is 11.8 Å². The Bertz CT molecular complexity index is 815. The molecule has 28 heavy (non-hydrogen) atoms. The lowest BCUT2D eigenvalue weighted by Gasteiger charge is -2.26. The summed E-state index contributed by atoms with van der Waals surface area (Å²) in [6, 6.07) is 7.30. The second kappa shape index (κ2) is 9.73. The summed E-state index contributed by atoms with van der Waals surface area (Å²) in [5.41, 5.74) is 0.419. The van der Waals surface area contributed by atoms with Gasteiger partial charge in [0.15, 0.2) is 12.4 Å². The summed E-state index contributed by atoms with van der Waals surface area (Å²) in [6.45, 7) is 3.71. The molecule has 0 spiro atoms. The van der Waals surface area contributed by atoms with E-state index in [4.69, 9.17) is 9.26 Å². The Kier molecular flexibility index (Phi) is 7.08. The summed E-state index contributed by atoms with van der Waals surface area (Å²) in [6.07, 6.45) is 4.20. The Balaban J connectivity index is 1.50. The van der Waals surface area contributed by atoms with Crippen LogP contribution in [0.5, 0.6) is 0 Å². The molecule has 0 saturated heterocycles. The number of aromatic nitrogens is 2. The van der Waals surface area contributed by atoms with Crippen LogP contribution in [0.25, 0.3) is 0 Å². The van der Waals surface area contributed by atoms with Crippen molar-refractivity contribution in [2.24, 2.45) is 5.92 Å². The average Bonchev–Trinajstić information content (AvgIpc) is 3.12. The summed E-state index contributed by atoms with van der Waals surface area (Å²) in [5.74, 6) is 1.47. The number of benzene rings is 1. The van der Waals surface area contributed by atoms with Crippen molar-refractivity contribution in [3.63, 3.8) is 0 Å². The minimum absolute atomic E-state index is 0.183. The summed E-state index contributed by atoms with van der Waals surface area (Å²) in [7, 11) is 0. The van der Waals surface area contributed by atoms with Crippen molar-refractivity contribution >= 4 is 23.6 Å². The van der Waals surface area contributed by atoms with Crippen LogP contribution in [0, 0.1) is 12.8 Å². The third-order valence-corrected chi connectivity index (χ3v) is 5.80. The van der Waals surface area contributed by atoms with Gasteiger partial charge in [0.1, 0.15) is 0 Å². The van der Waals surface area contributed by atoms with Crippen LogP contribution in [0.4, 0.5) is 0 Å². The van der Waals surface area contributed by atoms with E-state index in [-0.39, 0.29) is 18.6 Å². The van der Waals surface area contributed by atoms with Crippen LogP contribution in [-0.2, 0) is 15.3 Å². The smallest absolute Gasteiger partial charge is 0.339 e. The van der Waals surface area contributed by atoms with E-state index in [2.05, 4.69) is 22.4 Å². The molecule has 7 nitrogen and oxygen atoms in total. The maximum atomic E-state index is 12.5. The first-order valence-electron chi connectivity index (χ1n) is 9.48. The first-order valence-corrected chi connectivity index (χ1v) is 10.5. The highest BCUT2D eigenvalue weighted by molar-refractivity contribution is 7.98. The van der Waals surface area contributed by atoms with Gasteiger partial charge in [0.25, 0.3) is 5.91 Å². The largest absolute Gasteiger partial charge is 0.452 e. The van der Waals surface area contributed by atoms with Crippen LogP contribution in [0.3, 0.4) is 0 Å². The highest BCUT2D eigenvalue weighted by Gasteiger charge is 2.21. The van der Waals surface area contributed by atoms with Crippen LogP contribution in [0.2, 0.25) is 0 Å². The Morgan fingerprint density at radius 2 is 2.00 bits per heavy atom. The number of hydrogen-bond donors (Lipinski definition) is 1. The molecule has 1 N–H and O–H groups in total. The lowest BCUT2D eigenvalue weighted by atomic mass is 9.87. The van der Waals surface area contributed by atoms with Crippen molar-refractivity contribution < 1.29 is 18.8 Å². The van der Waals surface area contributed by atoms with Crippen LogP contribution >= 0.6 is 11.8 Å². The molecular formula is C20H25N3O4S. The quantitative estimate of drug-likeness (QED) is 0.558. The Morgan fingerprint density at radius 1 is 1.25 bits per heavy atom.